The summed E-state index contributed by atoms with van der Waals surface area (Å²) < 4.78 is 30.1. The fraction of sp³-hybridized carbons (Fsp3) is 0.226. The number of halogens is 1. The number of nitrogens with one attached hydrogen (secondary N) is 1. The van der Waals surface area contributed by atoms with E-state index in [0.29, 0.717) is 46.7 Å². The molecule has 0 atom stereocenters. The number of fused-ring (bicyclic) bond motifs is 1. The number of methoxy groups -OCH3 is 1. The fourth-order valence-electron chi connectivity index (χ4n) is 4.77. The van der Waals surface area contributed by atoms with Crippen LogP contribution in [-0.4, -0.2) is 67.6 Å². The van der Waals surface area contributed by atoms with Crippen molar-refractivity contribution in [3.05, 3.63) is 94.3 Å². The summed E-state index contributed by atoms with van der Waals surface area (Å²) in [5, 5.41) is 2.22. The van der Waals surface area contributed by atoms with Crippen molar-refractivity contribution in [1.82, 2.24) is 15.1 Å². The van der Waals surface area contributed by atoms with Crippen LogP contribution in [0.2, 0.25) is 0 Å². The van der Waals surface area contributed by atoms with Gasteiger partial charge in [0, 0.05) is 31.3 Å². The lowest BCUT2D eigenvalue weighted by Gasteiger charge is -2.27. The van der Waals surface area contributed by atoms with E-state index in [-0.39, 0.29) is 37.0 Å². The molecule has 1 N–H and O–H groups in total. The number of nitrogens with zero attached hydrogens (tertiary/aromatic N) is 2. The van der Waals surface area contributed by atoms with E-state index < -0.39 is 23.7 Å². The molecule has 0 radical (unpaired) electrons. The van der Waals surface area contributed by atoms with Crippen molar-refractivity contribution in [1.29, 1.82) is 0 Å². The van der Waals surface area contributed by atoms with Crippen LogP contribution in [0, 0.1) is 5.82 Å². The van der Waals surface area contributed by atoms with Gasteiger partial charge in [0.1, 0.15) is 11.4 Å². The van der Waals surface area contributed by atoms with Crippen molar-refractivity contribution in [3.63, 3.8) is 0 Å². The van der Waals surface area contributed by atoms with Gasteiger partial charge >= 0.3 is 6.03 Å². The predicted octanol–water partition coefficient (Wildman–Crippen LogP) is 3.58. The number of carbonyl (C=O) groups excluding carboxylic acids is 4. The first-order valence-corrected chi connectivity index (χ1v) is 13.2. The maximum absolute atomic E-state index is 13.4. The Bertz CT molecular complexity index is 1570. The van der Waals surface area contributed by atoms with E-state index >= 15 is 0 Å². The number of benzene rings is 3. The van der Waals surface area contributed by atoms with Gasteiger partial charge in [-0.05, 0) is 60.4 Å². The third-order valence-electron chi connectivity index (χ3n) is 7.04. The van der Waals surface area contributed by atoms with E-state index in [2.05, 4.69) is 5.32 Å². The number of ether oxygens (including phenoxy) is 3. The largest absolute Gasteiger partial charge is 0.492 e. The summed E-state index contributed by atoms with van der Waals surface area (Å²) in [4.78, 5) is 54.3. The number of urea groups is 1. The fourth-order valence-corrected chi connectivity index (χ4v) is 4.77. The predicted molar refractivity (Wildman–Crippen MR) is 150 cm³/mol. The molecule has 0 saturated carbocycles. The highest BCUT2D eigenvalue weighted by Gasteiger charge is 2.36. The second-order valence-electron chi connectivity index (χ2n) is 9.71. The summed E-state index contributed by atoms with van der Waals surface area (Å²) in [5.41, 5.74) is 2.00. The Morgan fingerprint density at radius 2 is 1.81 bits per heavy atom. The molecule has 2 aliphatic rings. The lowest BCUT2D eigenvalue weighted by Crippen LogP contribution is -2.54. The van der Waals surface area contributed by atoms with Gasteiger partial charge in [-0.2, -0.15) is 0 Å². The molecule has 1 saturated heterocycles. The second-order valence-corrected chi connectivity index (χ2v) is 9.71. The van der Waals surface area contributed by atoms with E-state index in [1.165, 1.54) is 25.3 Å². The lowest BCUT2D eigenvalue weighted by molar-refractivity contribution is -0.130. The van der Waals surface area contributed by atoms with Crippen LogP contribution in [0.5, 0.6) is 17.2 Å². The van der Waals surface area contributed by atoms with Crippen LogP contribution in [0.4, 0.5) is 9.18 Å². The number of likely N-dealkylation sites (N-methyl/N-ethyl adjacent to an activating group) is 1. The smallest absolute Gasteiger partial charge is 0.331 e. The normalized spacial score (nSPS) is 15.2. The Morgan fingerprint density at radius 1 is 1.07 bits per heavy atom. The van der Waals surface area contributed by atoms with Crippen molar-refractivity contribution < 1.29 is 37.8 Å². The minimum atomic E-state index is -0.856. The molecular formula is C31H28FN3O7. The Balaban J connectivity index is 1.44. The zero-order valence-electron chi connectivity index (χ0n) is 23.0. The molecule has 0 spiro atoms. The number of rotatable bonds is 9. The van der Waals surface area contributed by atoms with Gasteiger partial charge in [-0.3, -0.25) is 24.6 Å². The number of hydrogen-bond donors (Lipinski definition) is 1. The highest BCUT2D eigenvalue weighted by atomic mass is 19.1. The average molecular weight is 574 g/mol. The van der Waals surface area contributed by atoms with Gasteiger partial charge in [0.25, 0.3) is 17.7 Å². The van der Waals surface area contributed by atoms with Gasteiger partial charge in [0.2, 0.25) is 12.5 Å². The zero-order chi connectivity index (χ0) is 29.8. The molecule has 0 aromatic heterocycles. The summed E-state index contributed by atoms with van der Waals surface area (Å²) >= 11 is 0. The van der Waals surface area contributed by atoms with Gasteiger partial charge in [-0.25, -0.2) is 9.18 Å². The quantitative estimate of drug-likeness (QED) is 0.308. The molecule has 2 aliphatic heterocycles. The summed E-state index contributed by atoms with van der Waals surface area (Å²) in [5.74, 6) is -1.21. The molecule has 0 unspecified atom stereocenters. The molecule has 5 rings (SSSR count). The molecule has 216 valence electrons. The summed E-state index contributed by atoms with van der Waals surface area (Å²) in [6, 6.07) is 15.5. The zero-order valence-corrected chi connectivity index (χ0v) is 23.0. The lowest BCUT2D eigenvalue weighted by atomic mass is 9.97. The maximum Gasteiger partial charge on any atom is 0.331 e. The van der Waals surface area contributed by atoms with Crippen molar-refractivity contribution in [2.75, 3.05) is 34.0 Å². The SMILES string of the molecule is COc1c(/C=C2/C(=O)NC(=O)N(CCc3ccc(F)cc3)C2=O)c(CCN(C)C(=O)c2ccccc2)cc2c1OCO2. The first-order valence-electron chi connectivity index (χ1n) is 13.2. The Kier molecular flexibility index (Phi) is 8.19. The van der Waals surface area contributed by atoms with E-state index in [1.54, 1.807) is 54.4 Å². The Morgan fingerprint density at radius 3 is 2.52 bits per heavy atom. The van der Waals surface area contributed by atoms with Crippen LogP contribution >= 0.6 is 0 Å². The van der Waals surface area contributed by atoms with Gasteiger partial charge in [-0.1, -0.05) is 30.3 Å². The van der Waals surface area contributed by atoms with E-state index in [0.717, 1.165) is 4.90 Å². The second kappa shape index (κ2) is 12.1. The molecule has 5 amide bonds. The van der Waals surface area contributed by atoms with Crippen LogP contribution in [0.25, 0.3) is 6.08 Å². The van der Waals surface area contributed by atoms with Crippen molar-refractivity contribution in [2.45, 2.75) is 12.8 Å². The number of hydrogen-bond acceptors (Lipinski definition) is 7. The molecule has 10 nitrogen and oxygen atoms in total. The number of imide groups is 2. The van der Waals surface area contributed by atoms with Gasteiger partial charge in [0.15, 0.2) is 11.5 Å². The highest BCUT2D eigenvalue weighted by molar-refractivity contribution is 6.31. The van der Waals surface area contributed by atoms with Crippen molar-refractivity contribution in [3.8, 4) is 17.2 Å². The van der Waals surface area contributed by atoms with Gasteiger partial charge in [-0.15, -0.1) is 0 Å². The van der Waals surface area contributed by atoms with E-state index in [1.807, 2.05) is 6.07 Å². The third-order valence-corrected chi connectivity index (χ3v) is 7.04. The maximum atomic E-state index is 13.4. The molecule has 2 heterocycles. The molecular weight excluding hydrogens is 545 g/mol. The molecule has 1 fully saturated rings. The van der Waals surface area contributed by atoms with E-state index in [9.17, 15) is 23.6 Å². The molecule has 42 heavy (non-hydrogen) atoms. The van der Waals surface area contributed by atoms with Gasteiger partial charge in [0.05, 0.1) is 7.11 Å². The minimum absolute atomic E-state index is 0.0293. The Labute approximate surface area is 241 Å². The van der Waals surface area contributed by atoms with Crippen LogP contribution < -0.4 is 19.5 Å². The van der Waals surface area contributed by atoms with Crippen LogP contribution in [0.15, 0.2) is 66.2 Å². The molecule has 3 aromatic rings. The average Bonchev–Trinajstić information content (AvgIpc) is 3.46. The minimum Gasteiger partial charge on any atom is -0.492 e. The van der Waals surface area contributed by atoms with E-state index in [4.69, 9.17) is 14.2 Å². The monoisotopic (exact) mass is 573 g/mol. The first-order chi connectivity index (χ1) is 20.3. The highest BCUT2D eigenvalue weighted by Crippen LogP contribution is 2.46. The molecule has 11 heteroatoms. The molecule has 0 bridgehead atoms. The van der Waals surface area contributed by atoms with Crippen molar-refractivity contribution >= 4 is 29.8 Å². The standard InChI is InChI=1S/C31H28FN3O7/c1-34(29(37)20-6-4-3-5-7-20)14-13-21-16-25-27(42-18-41-25)26(40-2)23(21)17-24-28(36)33-31(39)35(30(24)38)15-12-19-8-10-22(32)11-9-19/h3-11,16-17H,12-15,18H2,1-2H3,(H,33,36,39)/b24-17-. The van der Waals surface area contributed by atoms with Crippen molar-refractivity contribution in [2.24, 2.45) is 0 Å². The number of amides is 5. The van der Waals surface area contributed by atoms with Crippen LogP contribution in [0.3, 0.4) is 0 Å². The van der Waals surface area contributed by atoms with Crippen LogP contribution in [-0.2, 0) is 22.4 Å². The van der Waals surface area contributed by atoms with Gasteiger partial charge < -0.3 is 19.1 Å². The number of carbonyl (C=O) groups is 4. The summed E-state index contributed by atoms with van der Waals surface area (Å²) in [7, 11) is 3.11. The third kappa shape index (κ3) is 5.80. The van der Waals surface area contributed by atoms with Crippen LogP contribution in [0.1, 0.15) is 27.0 Å². The summed E-state index contributed by atoms with van der Waals surface area (Å²) in [6.07, 6.45) is 1.95. The number of barbiturate groups is 1. The Hall–Kier alpha value is -5.19. The molecule has 3 aromatic carbocycles. The topological polar surface area (TPSA) is 114 Å². The molecule has 0 aliphatic carbocycles. The first kappa shape index (κ1) is 28.3. The summed E-state index contributed by atoms with van der Waals surface area (Å²) in [6.45, 7) is 0.232.